The molecule has 96 valence electrons. The lowest BCUT2D eigenvalue weighted by atomic mass is 10.1. The molecule has 0 amide bonds. The Hall–Kier alpha value is -2.41. The molecule has 0 saturated heterocycles. The van der Waals surface area contributed by atoms with Crippen molar-refractivity contribution < 1.29 is 4.74 Å². The Kier molecular flexibility index (Phi) is 2.68. The highest BCUT2D eigenvalue weighted by Crippen LogP contribution is 2.21. The predicted molar refractivity (Wildman–Crippen MR) is 73.0 cm³/mol. The number of H-pyrrole nitrogens is 2. The van der Waals surface area contributed by atoms with Gasteiger partial charge in [0.2, 0.25) is 4.77 Å². The molecule has 1 aromatic carbocycles. The van der Waals surface area contributed by atoms with Crippen LogP contribution < -0.4 is 10.4 Å². The molecule has 7 heteroatoms. The predicted octanol–water partition coefficient (Wildman–Crippen LogP) is 1.76. The molecular formula is C12H10N4O2S. The van der Waals surface area contributed by atoms with Gasteiger partial charge in [-0.3, -0.25) is 10.1 Å². The number of nitrogens with one attached hydrogen (secondary N) is 2. The molecular weight excluding hydrogens is 264 g/mol. The summed E-state index contributed by atoms with van der Waals surface area (Å²) < 4.78 is 6.59. The molecule has 0 aliphatic carbocycles. The van der Waals surface area contributed by atoms with Crippen molar-refractivity contribution in [2.24, 2.45) is 0 Å². The van der Waals surface area contributed by atoms with Crippen LogP contribution in [-0.2, 0) is 0 Å². The van der Waals surface area contributed by atoms with E-state index in [0.717, 1.165) is 17.0 Å². The van der Waals surface area contributed by atoms with Crippen molar-refractivity contribution in [2.45, 2.75) is 0 Å². The van der Waals surface area contributed by atoms with Crippen LogP contribution in [0.5, 0.6) is 5.75 Å². The van der Waals surface area contributed by atoms with Gasteiger partial charge in [-0.2, -0.15) is 4.52 Å². The van der Waals surface area contributed by atoms with Crippen LogP contribution in [0, 0.1) is 4.77 Å². The van der Waals surface area contributed by atoms with Crippen molar-refractivity contribution in [3.05, 3.63) is 45.6 Å². The van der Waals surface area contributed by atoms with Gasteiger partial charge < -0.3 is 4.74 Å². The van der Waals surface area contributed by atoms with Crippen LogP contribution in [0.2, 0.25) is 0 Å². The van der Waals surface area contributed by atoms with E-state index < -0.39 is 0 Å². The number of rotatable bonds is 2. The van der Waals surface area contributed by atoms with Crippen molar-refractivity contribution >= 4 is 17.9 Å². The minimum absolute atomic E-state index is 0.172. The zero-order valence-electron chi connectivity index (χ0n) is 10.0. The second kappa shape index (κ2) is 4.36. The first-order valence-electron chi connectivity index (χ1n) is 5.54. The highest BCUT2D eigenvalue weighted by Gasteiger charge is 2.06. The van der Waals surface area contributed by atoms with Crippen LogP contribution in [0.15, 0.2) is 35.1 Å². The molecule has 0 unspecified atom stereocenters. The zero-order valence-corrected chi connectivity index (χ0v) is 10.8. The van der Waals surface area contributed by atoms with Crippen LogP contribution in [0.25, 0.3) is 16.9 Å². The lowest BCUT2D eigenvalue weighted by Crippen LogP contribution is -2.18. The fraction of sp³-hybridized carbons (Fsp3) is 0.0833. The maximum absolute atomic E-state index is 11.7. The number of ether oxygens (including phenoxy) is 1. The second-order valence-electron chi connectivity index (χ2n) is 3.94. The molecule has 2 aromatic heterocycles. The molecule has 0 aliphatic heterocycles. The summed E-state index contributed by atoms with van der Waals surface area (Å²) in [4.78, 5) is 18.2. The first-order chi connectivity index (χ1) is 9.17. The zero-order chi connectivity index (χ0) is 13.4. The average molecular weight is 274 g/mol. The van der Waals surface area contributed by atoms with E-state index >= 15 is 0 Å². The van der Waals surface area contributed by atoms with E-state index in [1.165, 1.54) is 4.52 Å². The lowest BCUT2D eigenvalue weighted by molar-refractivity contribution is 0.415. The molecule has 2 heterocycles. The number of hydrogen-bond acceptors (Lipinski definition) is 4. The van der Waals surface area contributed by atoms with Crippen molar-refractivity contribution in [3.63, 3.8) is 0 Å². The van der Waals surface area contributed by atoms with Gasteiger partial charge in [-0.1, -0.05) is 0 Å². The summed E-state index contributed by atoms with van der Waals surface area (Å²) in [6, 6.07) is 9.26. The Morgan fingerprint density at radius 3 is 2.74 bits per heavy atom. The van der Waals surface area contributed by atoms with Crippen LogP contribution in [0.4, 0.5) is 0 Å². The van der Waals surface area contributed by atoms with Crippen LogP contribution in [-0.4, -0.2) is 26.7 Å². The second-order valence-corrected chi connectivity index (χ2v) is 4.33. The highest BCUT2D eigenvalue weighted by molar-refractivity contribution is 7.71. The first-order valence-corrected chi connectivity index (χ1v) is 5.95. The van der Waals surface area contributed by atoms with Gasteiger partial charge in [-0.15, -0.1) is 0 Å². The van der Waals surface area contributed by atoms with Crippen LogP contribution in [0.1, 0.15) is 0 Å². The third-order valence-corrected chi connectivity index (χ3v) is 2.96. The van der Waals surface area contributed by atoms with Gasteiger partial charge in [0.15, 0.2) is 5.65 Å². The Labute approximate surface area is 112 Å². The van der Waals surface area contributed by atoms with Gasteiger partial charge >= 0.3 is 5.69 Å². The topological polar surface area (TPSA) is 75.2 Å². The van der Waals surface area contributed by atoms with Gasteiger partial charge in [0.25, 0.3) is 0 Å². The monoisotopic (exact) mass is 274 g/mol. The van der Waals surface area contributed by atoms with Crippen molar-refractivity contribution in [2.75, 3.05) is 7.11 Å². The third kappa shape index (κ3) is 2.04. The number of hydrogen-bond donors (Lipinski definition) is 2. The molecule has 3 rings (SSSR count). The highest BCUT2D eigenvalue weighted by atomic mass is 32.1. The van der Waals surface area contributed by atoms with E-state index in [1.807, 2.05) is 24.3 Å². The lowest BCUT2D eigenvalue weighted by Gasteiger charge is -2.00. The van der Waals surface area contributed by atoms with Crippen molar-refractivity contribution in [1.29, 1.82) is 0 Å². The molecule has 0 aliphatic rings. The summed E-state index contributed by atoms with van der Waals surface area (Å²) in [5.74, 6) is 0.774. The van der Waals surface area contributed by atoms with Crippen LogP contribution in [0.3, 0.4) is 0 Å². The van der Waals surface area contributed by atoms with Gasteiger partial charge in [-0.05, 0) is 42.0 Å². The van der Waals surface area contributed by atoms with E-state index in [0.29, 0.717) is 5.65 Å². The maximum Gasteiger partial charge on any atom is 0.348 e. The van der Waals surface area contributed by atoms with Gasteiger partial charge in [0.1, 0.15) is 5.75 Å². The van der Waals surface area contributed by atoms with E-state index in [4.69, 9.17) is 17.0 Å². The number of fused-ring (bicyclic) bond motifs is 1. The van der Waals surface area contributed by atoms with E-state index in [9.17, 15) is 4.79 Å². The Bertz CT molecular complexity index is 845. The summed E-state index contributed by atoms with van der Waals surface area (Å²) in [6.07, 6.45) is 0. The summed E-state index contributed by atoms with van der Waals surface area (Å²) >= 11 is 4.88. The molecule has 0 fully saturated rings. The number of benzene rings is 1. The van der Waals surface area contributed by atoms with Crippen LogP contribution >= 0.6 is 12.2 Å². The van der Waals surface area contributed by atoms with Crippen molar-refractivity contribution in [3.8, 4) is 17.0 Å². The smallest absolute Gasteiger partial charge is 0.348 e. The Morgan fingerprint density at radius 2 is 2.05 bits per heavy atom. The number of methoxy groups -OCH3 is 1. The number of aromatic amines is 2. The maximum atomic E-state index is 11.7. The molecule has 0 saturated carbocycles. The molecule has 0 atom stereocenters. The Balaban J connectivity index is 2.17. The summed E-state index contributed by atoms with van der Waals surface area (Å²) in [7, 11) is 1.61. The molecule has 0 radical (unpaired) electrons. The normalized spacial score (nSPS) is 10.8. The van der Waals surface area contributed by atoms with Crippen molar-refractivity contribution in [1.82, 2.24) is 19.6 Å². The van der Waals surface area contributed by atoms with E-state index in [-0.39, 0.29) is 10.5 Å². The van der Waals surface area contributed by atoms with Gasteiger partial charge in [0, 0.05) is 6.07 Å². The molecule has 19 heavy (non-hydrogen) atoms. The first kappa shape index (κ1) is 11.7. The minimum atomic E-state index is -0.338. The standard InChI is InChI=1S/C12H10N4O2S/c1-18-8-4-2-7(3-5-8)9-6-10-13-11(19)14-12(17)16(10)15-9/h2-6,15H,1H3,(H,14,17,19). The van der Waals surface area contributed by atoms with E-state index in [2.05, 4.69) is 15.1 Å². The minimum Gasteiger partial charge on any atom is -0.497 e. The quantitative estimate of drug-likeness (QED) is 0.698. The summed E-state index contributed by atoms with van der Waals surface area (Å²) in [6.45, 7) is 0. The number of nitrogens with zero attached hydrogens (tertiary/aromatic N) is 2. The third-order valence-electron chi connectivity index (χ3n) is 2.77. The summed E-state index contributed by atoms with van der Waals surface area (Å²) in [5.41, 5.74) is 1.85. The molecule has 0 bridgehead atoms. The molecule has 2 N–H and O–H groups in total. The largest absolute Gasteiger partial charge is 0.497 e. The average Bonchev–Trinajstić information content (AvgIpc) is 2.83. The van der Waals surface area contributed by atoms with Gasteiger partial charge in [-0.25, -0.2) is 9.78 Å². The number of aromatic nitrogens is 4. The summed E-state index contributed by atoms with van der Waals surface area (Å²) in [5, 5.41) is 2.97. The SMILES string of the molecule is COc1ccc(-c2cc3nc(=S)[nH]c(=O)n3[nH]2)cc1. The molecule has 3 aromatic rings. The fourth-order valence-electron chi connectivity index (χ4n) is 1.84. The van der Waals surface area contributed by atoms with Gasteiger partial charge in [0.05, 0.1) is 12.8 Å². The molecule has 6 nitrogen and oxygen atoms in total. The Morgan fingerprint density at radius 1 is 1.32 bits per heavy atom. The fourth-order valence-corrected chi connectivity index (χ4v) is 2.02. The molecule has 0 spiro atoms. The van der Waals surface area contributed by atoms with E-state index in [1.54, 1.807) is 13.2 Å².